The fraction of sp³-hybridized carbons (Fsp3) is 0.467. The predicted octanol–water partition coefficient (Wildman–Crippen LogP) is 1.24. The number of hydrogen-bond acceptors (Lipinski definition) is 4. The molecule has 0 aliphatic carbocycles. The lowest BCUT2D eigenvalue weighted by molar-refractivity contribution is 0.0712. The van der Waals surface area contributed by atoms with Crippen LogP contribution in [-0.4, -0.2) is 46.6 Å². The van der Waals surface area contributed by atoms with Crippen LogP contribution in [0.5, 0.6) is 5.88 Å². The minimum atomic E-state index is 0.0318. The van der Waals surface area contributed by atoms with E-state index in [1.165, 1.54) is 0 Å². The second kappa shape index (κ2) is 5.73. The molecule has 6 heteroatoms. The number of aromatic nitrogens is 2. The van der Waals surface area contributed by atoms with Crippen molar-refractivity contribution in [2.24, 2.45) is 5.73 Å². The van der Waals surface area contributed by atoms with Gasteiger partial charge >= 0.3 is 0 Å². The first-order chi connectivity index (χ1) is 10.3. The topological polar surface area (TPSA) is 73.4 Å². The lowest BCUT2D eigenvalue weighted by atomic mass is 10.2. The maximum absolute atomic E-state index is 12.5. The highest BCUT2D eigenvalue weighted by Gasteiger charge is 2.26. The van der Waals surface area contributed by atoms with Crippen LogP contribution in [-0.2, 0) is 6.54 Å². The molecule has 1 amide bonds. The number of carbonyl (C=O) groups is 1. The number of pyridine rings is 1. The van der Waals surface area contributed by atoms with Gasteiger partial charge in [-0.3, -0.25) is 4.79 Å². The Labute approximate surface area is 123 Å². The number of carbonyl (C=O) groups excluding carboxylic acids is 1. The Bertz CT molecular complexity index is 665. The van der Waals surface area contributed by atoms with Crippen LogP contribution in [0.2, 0.25) is 0 Å². The van der Waals surface area contributed by atoms with Gasteiger partial charge < -0.3 is 19.9 Å². The highest BCUT2D eigenvalue weighted by molar-refractivity contribution is 6.00. The Morgan fingerprint density at radius 3 is 3.05 bits per heavy atom. The molecule has 0 radical (unpaired) electrons. The van der Waals surface area contributed by atoms with Gasteiger partial charge in [-0.1, -0.05) is 6.92 Å². The molecule has 0 bridgehead atoms. The summed E-state index contributed by atoms with van der Waals surface area (Å²) >= 11 is 0. The van der Waals surface area contributed by atoms with E-state index >= 15 is 0 Å². The van der Waals surface area contributed by atoms with Gasteiger partial charge in [-0.2, -0.15) is 0 Å². The van der Waals surface area contributed by atoms with Gasteiger partial charge in [0.25, 0.3) is 5.91 Å². The van der Waals surface area contributed by atoms with Crippen molar-refractivity contribution in [3.05, 3.63) is 24.0 Å². The normalized spacial score (nSPS) is 14.6. The number of ether oxygens (including phenoxy) is 1. The summed E-state index contributed by atoms with van der Waals surface area (Å²) in [6.45, 7) is 5.23. The van der Waals surface area contributed by atoms with Crippen molar-refractivity contribution in [1.29, 1.82) is 0 Å². The minimum Gasteiger partial charge on any atom is -0.477 e. The van der Waals surface area contributed by atoms with E-state index in [1.54, 1.807) is 11.1 Å². The number of hydrogen-bond donors (Lipinski definition) is 1. The van der Waals surface area contributed by atoms with Gasteiger partial charge in [-0.15, -0.1) is 0 Å². The fourth-order valence-electron chi connectivity index (χ4n) is 2.75. The molecule has 0 fully saturated rings. The van der Waals surface area contributed by atoms with Crippen molar-refractivity contribution in [3.8, 4) is 5.88 Å². The quantitative estimate of drug-likeness (QED) is 0.898. The van der Waals surface area contributed by atoms with Gasteiger partial charge in [0.05, 0.1) is 17.5 Å². The average Bonchev–Trinajstić information content (AvgIpc) is 2.88. The van der Waals surface area contributed by atoms with Gasteiger partial charge in [-0.25, -0.2) is 4.98 Å². The molecular weight excluding hydrogens is 268 g/mol. The third-order valence-electron chi connectivity index (χ3n) is 3.73. The first-order valence-electron chi connectivity index (χ1n) is 7.36. The summed E-state index contributed by atoms with van der Waals surface area (Å²) in [5.41, 5.74) is 7.26. The second-order valence-corrected chi connectivity index (χ2v) is 5.16. The van der Waals surface area contributed by atoms with Crippen LogP contribution >= 0.6 is 0 Å². The fourth-order valence-corrected chi connectivity index (χ4v) is 2.75. The molecule has 3 heterocycles. The smallest absolute Gasteiger partial charge is 0.270 e. The van der Waals surface area contributed by atoms with Gasteiger partial charge in [0.1, 0.15) is 5.69 Å². The second-order valence-electron chi connectivity index (χ2n) is 5.16. The van der Waals surface area contributed by atoms with Crippen LogP contribution in [0.3, 0.4) is 0 Å². The zero-order valence-corrected chi connectivity index (χ0v) is 12.2. The molecule has 0 saturated carbocycles. The SMILES string of the molecule is CCCOc1nccc2c1cc1n2CCN(CCN)C1=O. The Kier molecular flexibility index (Phi) is 3.79. The number of amides is 1. The van der Waals surface area contributed by atoms with E-state index in [9.17, 15) is 4.79 Å². The van der Waals surface area contributed by atoms with Crippen LogP contribution in [0.1, 0.15) is 23.8 Å². The standard InChI is InChI=1S/C15H20N4O2/c1-2-9-21-14-11-10-13-15(20)18(6-4-16)7-8-19(13)12(11)3-5-17-14/h3,5,10H,2,4,6-9,16H2,1H3. The Morgan fingerprint density at radius 2 is 2.29 bits per heavy atom. The van der Waals surface area contributed by atoms with Crippen molar-refractivity contribution in [1.82, 2.24) is 14.5 Å². The summed E-state index contributed by atoms with van der Waals surface area (Å²) in [7, 11) is 0. The molecule has 0 spiro atoms. The molecule has 2 aromatic heterocycles. The van der Waals surface area contributed by atoms with E-state index < -0.39 is 0 Å². The molecule has 0 aromatic carbocycles. The van der Waals surface area contributed by atoms with E-state index in [0.29, 0.717) is 37.8 Å². The largest absolute Gasteiger partial charge is 0.477 e. The zero-order chi connectivity index (χ0) is 14.8. The zero-order valence-electron chi connectivity index (χ0n) is 12.2. The van der Waals surface area contributed by atoms with E-state index in [4.69, 9.17) is 10.5 Å². The third-order valence-corrected chi connectivity index (χ3v) is 3.73. The average molecular weight is 288 g/mol. The summed E-state index contributed by atoms with van der Waals surface area (Å²) in [6.07, 6.45) is 2.66. The van der Waals surface area contributed by atoms with Crippen molar-refractivity contribution in [2.45, 2.75) is 19.9 Å². The van der Waals surface area contributed by atoms with E-state index in [2.05, 4.69) is 11.9 Å². The van der Waals surface area contributed by atoms with Crippen molar-refractivity contribution < 1.29 is 9.53 Å². The minimum absolute atomic E-state index is 0.0318. The number of rotatable bonds is 5. The Balaban J connectivity index is 2.03. The van der Waals surface area contributed by atoms with E-state index in [1.807, 2.05) is 16.7 Å². The maximum atomic E-state index is 12.5. The Hall–Kier alpha value is -2.08. The molecule has 1 aliphatic heterocycles. The molecule has 0 atom stereocenters. The molecule has 0 unspecified atom stereocenters. The molecule has 21 heavy (non-hydrogen) atoms. The lowest BCUT2D eigenvalue weighted by Crippen LogP contribution is -2.42. The molecule has 6 nitrogen and oxygen atoms in total. The molecule has 2 aromatic rings. The van der Waals surface area contributed by atoms with Gasteiger partial charge in [0.15, 0.2) is 0 Å². The van der Waals surface area contributed by atoms with Gasteiger partial charge in [0, 0.05) is 32.4 Å². The first-order valence-corrected chi connectivity index (χ1v) is 7.36. The molecular formula is C15H20N4O2. The summed E-state index contributed by atoms with van der Waals surface area (Å²) in [4.78, 5) is 18.6. The van der Waals surface area contributed by atoms with E-state index in [-0.39, 0.29) is 5.91 Å². The monoisotopic (exact) mass is 288 g/mol. The first kappa shape index (κ1) is 13.9. The van der Waals surface area contributed by atoms with Gasteiger partial charge in [-0.05, 0) is 18.6 Å². The molecule has 112 valence electrons. The van der Waals surface area contributed by atoms with Crippen LogP contribution in [0.25, 0.3) is 10.9 Å². The summed E-state index contributed by atoms with van der Waals surface area (Å²) in [5.74, 6) is 0.638. The lowest BCUT2D eigenvalue weighted by Gasteiger charge is -2.28. The van der Waals surface area contributed by atoms with Crippen LogP contribution in [0.4, 0.5) is 0 Å². The van der Waals surface area contributed by atoms with Crippen molar-refractivity contribution in [3.63, 3.8) is 0 Å². The number of fused-ring (bicyclic) bond motifs is 3. The summed E-state index contributed by atoms with van der Waals surface area (Å²) < 4.78 is 7.73. The van der Waals surface area contributed by atoms with Crippen molar-refractivity contribution >= 4 is 16.8 Å². The van der Waals surface area contributed by atoms with Crippen LogP contribution in [0.15, 0.2) is 18.3 Å². The molecule has 0 saturated heterocycles. The molecule has 3 rings (SSSR count). The maximum Gasteiger partial charge on any atom is 0.270 e. The van der Waals surface area contributed by atoms with Crippen LogP contribution < -0.4 is 10.5 Å². The summed E-state index contributed by atoms with van der Waals surface area (Å²) in [5, 5.41) is 0.906. The predicted molar refractivity (Wildman–Crippen MR) is 80.5 cm³/mol. The molecule has 1 aliphatic rings. The molecule has 2 N–H and O–H groups in total. The number of nitrogens with two attached hydrogens (primary N) is 1. The highest BCUT2D eigenvalue weighted by atomic mass is 16.5. The summed E-state index contributed by atoms with van der Waals surface area (Å²) in [6, 6.07) is 3.82. The third kappa shape index (κ3) is 2.35. The highest BCUT2D eigenvalue weighted by Crippen LogP contribution is 2.29. The van der Waals surface area contributed by atoms with Gasteiger partial charge in [0.2, 0.25) is 5.88 Å². The van der Waals surface area contributed by atoms with E-state index in [0.717, 1.165) is 23.9 Å². The van der Waals surface area contributed by atoms with Crippen LogP contribution in [0, 0.1) is 0 Å². The Morgan fingerprint density at radius 1 is 1.43 bits per heavy atom. The number of nitrogens with zero attached hydrogens (tertiary/aromatic N) is 3. The van der Waals surface area contributed by atoms with Crippen molar-refractivity contribution in [2.75, 3.05) is 26.2 Å².